The Morgan fingerprint density at radius 1 is 1.04 bits per heavy atom. The second-order valence-corrected chi connectivity index (χ2v) is 5.83. The van der Waals surface area contributed by atoms with Crippen LogP contribution in [0.3, 0.4) is 0 Å². The monoisotopic (exact) mass is 381 g/mol. The Hall–Kier alpha value is -3.66. The number of hydrogen-bond acceptors (Lipinski definition) is 6. The van der Waals surface area contributed by atoms with E-state index in [0.29, 0.717) is 22.9 Å². The number of hydrogen-bond donors (Lipinski definition) is 2. The first-order chi connectivity index (χ1) is 13.5. The Labute approximate surface area is 164 Å². The van der Waals surface area contributed by atoms with Crippen LogP contribution in [0.5, 0.6) is 17.2 Å². The van der Waals surface area contributed by atoms with Gasteiger partial charge in [-0.2, -0.15) is 5.26 Å². The third-order valence-corrected chi connectivity index (χ3v) is 4.11. The number of nitriles is 1. The van der Waals surface area contributed by atoms with Crippen molar-refractivity contribution in [2.45, 2.75) is 13.0 Å². The maximum atomic E-state index is 12.4. The maximum absolute atomic E-state index is 12.4. The van der Waals surface area contributed by atoms with Gasteiger partial charge in [0, 0.05) is 12.2 Å². The third-order valence-electron chi connectivity index (χ3n) is 4.11. The number of rotatable bonds is 8. The number of amides is 1. The van der Waals surface area contributed by atoms with Crippen LogP contribution in [-0.4, -0.2) is 27.2 Å². The summed E-state index contributed by atoms with van der Waals surface area (Å²) in [4.78, 5) is 12.4. The Balaban J connectivity index is 2.12. The smallest absolute Gasteiger partial charge is 0.267 e. The first-order valence-electron chi connectivity index (χ1n) is 8.56. The number of ether oxygens (including phenoxy) is 3. The fourth-order valence-electron chi connectivity index (χ4n) is 2.51. The van der Waals surface area contributed by atoms with Crippen LogP contribution in [-0.2, 0) is 4.79 Å². The summed E-state index contributed by atoms with van der Waals surface area (Å²) in [7, 11) is 4.65. The normalized spacial score (nSPS) is 11.8. The van der Waals surface area contributed by atoms with Gasteiger partial charge in [-0.05, 0) is 36.8 Å². The van der Waals surface area contributed by atoms with Crippen LogP contribution >= 0.6 is 0 Å². The standard InChI is InChI=1S/C21H23N3O4/c1-14(15-9-10-19(27-3)20(11-15)28-4)23-13-16(12-22)21(25)24-17-7-5-6-8-18(17)26-2/h5-11,13-14,23H,1-4H3,(H,24,25)/b16-13-. The van der Waals surface area contributed by atoms with Crippen molar-refractivity contribution >= 4 is 11.6 Å². The van der Waals surface area contributed by atoms with Gasteiger partial charge in [-0.3, -0.25) is 4.79 Å². The topological polar surface area (TPSA) is 92.6 Å². The molecule has 146 valence electrons. The first kappa shape index (κ1) is 20.6. The van der Waals surface area contributed by atoms with E-state index in [1.54, 1.807) is 44.6 Å². The fraction of sp³-hybridized carbons (Fsp3) is 0.238. The Bertz CT molecular complexity index is 903. The highest BCUT2D eigenvalue weighted by Gasteiger charge is 2.14. The molecule has 0 aliphatic rings. The molecule has 1 amide bonds. The van der Waals surface area contributed by atoms with Crippen LogP contribution in [0.4, 0.5) is 5.69 Å². The second-order valence-electron chi connectivity index (χ2n) is 5.83. The fourth-order valence-corrected chi connectivity index (χ4v) is 2.51. The van der Waals surface area contributed by atoms with Crippen molar-refractivity contribution in [2.24, 2.45) is 0 Å². The third kappa shape index (κ3) is 4.95. The maximum Gasteiger partial charge on any atom is 0.267 e. The summed E-state index contributed by atoms with van der Waals surface area (Å²) in [6.07, 6.45) is 1.39. The van der Waals surface area contributed by atoms with Gasteiger partial charge in [0.15, 0.2) is 11.5 Å². The van der Waals surface area contributed by atoms with Crippen LogP contribution < -0.4 is 24.8 Å². The number of para-hydroxylation sites is 2. The van der Waals surface area contributed by atoms with Crippen LogP contribution in [0.15, 0.2) is 54.2 Å². The molecule has 0 aliphatic carbocycles. The van der Waals surface area contributed by atoms with Crippen LogP contribution in [0.1, 0.15) is 18.5 Å². The molecule has 28 heavy (non-hydrogen) atoms. The molecule has 2 aromatic carbocycles. The molecule has 7 nitrogen and oxygen atoms in total. The zero-order valence-electron chi connectivity index (χ0n) is 16.3. The van der Waals surface area contributed by atoms with Gasteiger partial charge in [0.2, 0.25) is 0 Å². The SMILES string of the molecule is COc1ccccc1NC(=O)/C(C#N)=C\NC(C)c1ccc(OC)c(OC)c1. The number of carbonyl (C=O) groups excluding carboxylic acids is 1. The number of nitrogens with one attached hydrogen (secondary N) is 2. The highest BCUT2D eigenvalue weighted by Crippen LogP contribution is 2.30. The quantitative estimate of drug-likeness (QED) is 0.538. The summed E-state index contributed by atoms with van der Waals surface area (Å²) >= 11 is 0. The lowest BCUT2D eigenvalue weighted by molar-refractivity contribution is -0.112. The lowest BCUT2D eigenvalue weighted by Crippen LogP contribution is -2.19. The summed E-state index contributed by atoms with van der Waals surface area (Å²) in [6, 6.07) is 14.3. The molecule has 0 fully saturated rings. The van der Waals surface area contributed by atoms with E-state index in [0.717, 1.165) is 5.56 Å². The molecular formula is C21H23N3O4. The van der Waals surface area contributed by atoms with E-state index < -0.39 is 5.91 Å². The summed E-state index contributed by atoms with van der Waals surface area (Å²) < 4.78 is 15.7. The summed E-state index contributed by atoms with van der Waals surface area (Å²) in [6.45, 7) is 1.91. The Morgan fingerprint density at radius 3 is 2.36 bits per heavy atom. The van der Waals surface area contributed by atoms with E-state index in [2.05, 4.69) is 10.6 Å². The minimum absolute atomic E-state index is 0.0572. The minimum Gasteiger partial charge on any atom is -0.495 e. The number of carbonyl (C=O) groups is 1. The molecular weight excluding hydrogens is 358 g/mol. The first-order valence-corrected chi connectivity index (χ1v) is 8.56. The molecule has 2 aromatic rings. The van der Waals surface area contributed by atoms with Crippen molar-refractivity contribution in [1.82, 2.24) is 5.32 Å². The predicted molar refractivity (Wildman–Crippen MR) is 106 cm³/mol. The zero-order valence-corrected chi connectivity index (χ0v) is 16.3. The van der Waals surface area contributed by atoms with Crippen molar-refractivity contribution < 1.29 is 19.0 Å². The van der Waals surface area contributed by atoms with Gasteiger partial charge in [-0.15, -0.1) is 0 Å². The van der Waals surface area contributed by atoms with Crippen molar-refractivity contribution in [3.63, 3.8) is 0 Å². The molecule has 0 heterocycles. The molecule has 0 aromatic heterocycles. The van der Waals surface area contributed by atoms with E-state index >= 15 is 0 Å². The van der Waals surface area contributed by atoms with Gasteiger partial charge >= 0.3 is 0 Å². The molecule has 7 heteroatoms. The molecule has 0 saturated heterocycles. The van der Waals surface area contributed by atoms with Crippen LogP contribution in [0.25, 0.3) is 0 Å². The minimum atomic E-state index is -0.529. The highest BCUT2D eigenvalue weighted by molar-refractivity contribution is 6.07. The van der Waals surface area contributed by atoms with Gasteiger partial charge in [-0.1, -0.05) is 18.2 Å². The van der Waals surface area contributed by atoms with Gasteiger partial charge in [0.1, 0.15) is 17.4 Å². The van der Waals surface area contributed by atoms with Gasteiger partial charge in [0.25, 0.3) is 5.91 Å². The van der Waals surface area contributed by atoms with E-state index in [-0.39, 0.29) is 11.6 Å². The molecule has 1 atom stereocenters. The van der Waals surface area contributed by atoms with Gasteiger partial charge < -0.3 is 24.8 Å². The molecule has 0 saturated carbocycles. The summed E-state index contributed by atoms with van der Waals surface area (Å²) in [5.74, 6) is 1.22. The Kier molecular flexibility index (Phi) is 7.28. The molecule has 2 rings (SSSR count). The van der Waals surface area contributed by atoms with Gasteiger partial charge in [0.05, 0.1) is 27.0 Å². The van der Waals surface area contributed by atoms with Gasteiger partial charge in [-0.25, -0.2) is 0 Å². The lowest BCUT2D eigenvalue weighted by Gasteiger charge is -2.15. The van der Waals surface area contributed by atoms with Crippen LogP contribution in [0, 0.1) is 11.3 Å². The number of nitrogens with zero attached hydrogens (tertiary/aromatic N) is 1. The average molecular weight is 381 g/mol. The zero-order chi connectivity index (χ0) is 20.5. The largest absolute Gasteiger partial charge is 0.495 e. The van der Waals surface area contributed by atoms with E-state index in [1.807, 2.05) is 25.1 Å². The molecule has 0 spiro atoms. The van der Waals surface area contributed by atoms with Crippen molar-refractivity contribution in [2.75, 3.05) is 26.6 Å². The molecule has 0 bridgehead atoms. The van der Waals surface area contributed by atoms with Crippen LogP contribution in [0.2, 0.25) is 0 Å². The Morgan fingerprint density at radius 2 is 1.71 bits per heavy atom. The van der Waals surface area contributed by atoms with E-state index in [4.69, 9.17) is 14.2 Å². The number of benzene rings is 2. The van der Waals surface area contributed by atoms with Crippen molar-refractivity contribution in [3.05, 3.63) is 59.8 Å². The lowest BCUT2D eigenvalue weighted by atomic mass is 10.1. The molecule has 0 aliphatic heterocycles. The van der Waals surface area contributed by atoms with Crippen molar-refractivity contribution in [1.29, 1.82) is 5.26 Å². The summed E-state index contributed by atoms with van der Waals surface area (Å²) in [5.41, 5.74) is 1.35. The average Bonchev–Trinajstić information content (AvgIpc) is 2.73. The highest BCUT2D eigenvalue weighted by atomic mass is 16.5. The molecule has 2 N–H and O–H groups in total. The second kappa shape index (κ2) is 9.88. The van der Waals surface area contributed by atoms with E-state index in [9.17, 15) is 10.1 Å². The molecule has 1 unspecified atom stereocenters. The number of methoxy groups -OCH3 is 3. The predicted octanol–water partition coefficient (Wildman–Crippen LogP) is 3.41. The summed E-state index contributed by atoms with van der Waals surface area (Å²) in [5, 5.41) is 15.1. The van der Waals surface area contributed by atoms with Crippen molar-refractivity contribution in [3.8, 4) is 23.3 Å². The molecule has 0 radical (unpaired) electrons. The number of anilines is 1. The van der Waals surface area contributed by atoms with E-state index in [1.165, 1.54) is 13.3 Å².